The van der Waals surface area contributed by atoms with E-state index in [1.807, 2.05) is 7.05 Å². The van der Waals surface area contributed by atoms with Crippen LogP contribution < -0.4 is 10.6 Å². The molecule has 21 heavy (non-hydrogen) atoms. The number of benzene rings is 1. The average Bonchev–Trinajstić information content (AvgIpc) is 2.83. The van der Waals surface area contributed by atoms with E-state index >= 15 is 0 Å². The highest BCUT2D eigenvalue weighted by molar-refractivity contribution is 5.95. The van der Waals surface area contributed by atoms with Gasteiger partial charge in [-0.05, 0) is 40.4 Å². The van der Waals surface area contributed by atoms with Crippen molar-refractivity contribution in [2.45, 2.75) is 46.6 Å². The smallest absolute Gasteiger partial charge is 0.227 e. The maximum Gasteiger partial charge on any atom is 0.227 e. The van der Waals surface area contributed by atoms with Gasteiger partial charge in [-0.25, -0.2) is 0 Å². The quantitative estimate of drug-likeness (QED) is 0.907. The maximum atomic E-state index is 11.8. The van der Waals surface area contributed by atoms with E-state index in [1.54, 1.807) is 4.90 Å². The molecule has 0 spiro atoms. The van der Waals surface area contributed by atoms with E-state index in [9.17, 15) is 4.79 Å². The molecule has 0 radical (unpaired) electrons. The van der Waals surface area contributed by atoms with E-state index in [2.05, 4.69) is 45.9 Å². The Balaban J connectivity index is 1.90. The zero-order chi connectivity index (χ0) is 15.6. The summed E-state index contributed by atoms with van der Waals surface area (Å²) < 4.78 is 0. The summed E-state index contributed by atoms with van der Waals surface area (Å²) in [4.78, 5) is 13.5. The topological polar surface area (TPSA) is 46.3 Å². The normalized spacial score (nSPS) is 24.7. The van der Waals surface area contributed by atoms with Gasteiger partial charge in [-0.2, -0.15) is 0 Å². The number of nitrogens with zero attached hydrogens (tertiary/aromatic N) is 1. The second-order valence-corrected chi connectivity index (χ2v) is 7.79. The molecule has 1 aliphatic carbocycles. The van der Waals surface area contributed by atoms with Gasteiger partial charge in [0.05, 0.1) is 0 Å². The molecule has 1 heterocycles. The minimum absolute atomic E-state index is 0.0724. The number of rotatable bonds is 2. The maximum absolute atomic E-state index is 11.8. The molecule has 114 valence electrons. The zero-order valence-corrected chi connectivity index (χ0v) is 13.7. The Bertz CT molecular complexity index is 589. The molecule has 1 saturated carbocycles. The Hall–Kier alpha value is -1.35. The van der Waals surface area contributed by atoms with E-state index in [0.29, 0.717) is 12.3 Å². The lowest BCUT2D eigenvalue weighted by molar-refractivity contribution is -0.118. The Labute approximate surface area is 127 Å². The SMILES string of the molecule is CN1C(=O)CCc2cc(C(N)C3C(C)(C)C3(C)C)ccc21. The van der Waals surface area contributed by atoms with E-state index < -0.39 is 0 Å². The van der Waals surface area contributed by atoms with E-state index in [1.165, 1.54) is 11.1 Å². The molecule has 3 heteroatoms. The Morgan fingerprint density at radius 3 is 2.38 bits per heavy atom. The number of hydrogen-bond donors (Lipinski definition) is 1. The molecule has 3 rings (SSSR count). The first-order valence-corrected chi connectivity index (χ1v) is 7.83. The summed E-state index contributed by atoms with van der Waals surface area (Å²) in [5, 5.41) is 0. The molecule has 1 aromatic carbocycles. The summed E-state index contributed by atoms with van der Waals surface area (Å²) >= 11 is 0. The van der Waals surface area contributed by atoms with E-state index in [-0.39, 0.29) is 22.8 Å². The van der Waals surface area contributed by atoms with Gasteiger partial charge in [0.25, 0.3) is 0 Å². The summed E-state index contributed by atoms with van der Waals surface area (Å²) in [6, 6.07) is 6.45. The Kier molecular flexibility index (Phi) is 3.00. The largest absolute Gasteiger partial charge is 0.324 e. The molecule has 0 bridgehead atoms. The van der Waals surface area contributed by atoms with Crippen molar-refractivity contribution >= 4 is 11.6 Å². The lowest BCUT2D eigenvalue weighted by Gasteiger charge is -2.27. The van der Waals surface area contributed by atoms with Crippen molar-refractivity contribution in [1.82, 2.24) is 0 Å². The van der Waals surface area contributed by atoms with Gasteiger partial charge in [0.1, 0.15) is 0 Å². The number of fused-ring (bicyclic) bond motifs is 1. The Morgan fingerprint density at radius 1 is 1.19 bits per heavy atom. The number of hydrogen-bond acceptors (Lipinski definition) is 2. The summed E-state index contributed by atoms with van der Waals surface area (Å²) in [6.45, 7) is 9.23. The van der Waals surface area contributed by atoms with Crippen LogP contribution in [-0.4, -0.2) is 13.0 Å². The van der Waals surface area contributed by atoms with Gasteiger partial charge in [0, 0.05) is 25.2 Å². The monoisotopic (exact) mass is 286 g/mol. The standard InChI is InChI=1S/C18H26N2O/c1-17(2)16(18(17,3)4)15(19)12-6-8-13-11(10-12)7-9-14(21)20(13)5/h6,8,10,15-16H,7,9,19H2,1-5H3. The van der Waals surface area contributed by atoms with Gasteiger partial charge in [-0.1, -0.05) is 39.8 Å². The third-order valence-electron chi connectivity index (χ3n) is 6.32. The summed E-state index contributed by atoms with van der Waals surface area (Å²) in [5.41, 5.74) is 10.6. The average molecular weight is 286 g/mol. The Morgan fingerprint density at radius 2 is 1.81 bits per heavy atom. The fourth-order valence-electron chi connectivity index (χ4n) is 4.22. The number of anilines is 1. The molecule has 1 unspecified atom stereocenters. The first-order chi connectivity index (χ1) is 9.68. The first-order valence-electron chi connectivity index (χ1n) is 7.83. The number of amides is 1. The van der Waals surface area contributed by atoms with Crippen molar-refractivity contribution in [1.29, 1.82) is 0 Å². The van der Waals surface area contributed by atoms with Gasteiger partial charge in [0.2, 0.25) is 5.91 Å². The molecule has 1 aliphatic heterocycles. The highest BCUT2D eigenvalue weighted by Crippen LogP contribution is 2.71. The number of nitrogens with two attached hydrogens (primary N) is 1. The van der Waals surface area contributed by atoms with Crippen LogP contribution in [0.2, 0.25) is 0 Å². The molecule has 0 aromatic heterocycles. The van der Waals surface area contributed by atoms with Gasteiger partial charge in [0.15, 0.2) is 0 Å². The molecule has 1 fully saturated rings. The van der Waals surface area contributed by atoms with Crippen LogP contribution in [0.1, 0.15) is 51.3 Å². The third-order valence-corrected chi connectivity index (χ3v) is 6.32. The van der Waals surface area contributed by atoms with E-state index in [0.717, 1.165) is 12.1 Å². The summed E-state index contributed by atoms with van der Waals surface area (Å²) in [6.07, 6.45) is 1.43. The molecular formula is C18H26N2O. The number of carbonyl (C=O) groups excluding carboxylic acids is 1. The van der Waals surface area contributed by atoms with Crippen LogP contribution in [0.3, 0.4) is 0 Å². The van der Waals surface area contributed by atoms with Crippen molar-refractivity contribution in [2.75, 3.05) is 11.9 Å². The van der Waals surface area contributed by atoms with Crippen LogP contribution in [0, 0.1) is 16.7 Å². The van der Waals surface area contributed by atoms with Crippen molar-refractivity contribution in [3.8, 4) is 0 Å². The fourth-order valence-corrected chi connectivity index (χ4v) is 4.22. The second kappa shape index (κ2) is 4.33. The zero-order valence-electron chi connectivity index (χ0n) is 13.7. The molecule has 1 amide bonds. The summed E-state index contributed by atoms with van der Waals surface area (Å²) in [7, 11) is 1.85. The van der Waals surface area contributed by atoms with Gasteiger partial charge >= 0.3 is 0 Å². The van der Waals surface area contributed by atoms with Crippen molar-refractivity contribution in [2.24, 2.45) is 22.5 Å². The lowest BCUT2D eigenvalue weighted by atomic mass is 9.92. The van der Waals surface area contributed by atoms with Gasteiger partial charge < -0.3 is 10.6 Å². The molecule has 3 nitrogen and oxygen atoms in total. The molecule has 1 atom stereocenters. The van der Waals surface area contributed by atoms with Crippen LogP contribution in [0.15, 0.2) is 18.2 Å². The predicted molar refractivity (Wildman–Crippen MR) is 86.2 cm³/mol. The number of aryl methyl sites for hydroxylation is 1. The van der Waals surface area contributed by atoms with Crippen molar-refractivity contribution in [3.05, 3.63) is 29.3 Å². The summed E-state index contributed by atoms with van der Waals surface area (Å²) in [5.74, 6) is 0.704. The van der Waals surface area contributed by atoms with E-state index in [4.69, 9.17) is 5.73 Å². The third kappa shape index (κ3) is 1.94. The van der Waals surface area contributed by atoms with Gasteiger partial charge in [-0.3, -0.25) is 4.79 Å². The molecule has 2 aliphatic rings. The van der Waals surface area contributed by atoms with Crippen LogP contribution in [0.5, 0.6) is 0 Å². The van der Waals surface area contributed by atoms with Crippen molar-refractivity contribution in [3.63, 3.8) is 0 Å². The van der Waals surface area contributed by atoms with Crippen LogP contribution in [0.4, 0.5) is 5.69 Å². The minimum Gasteiger partial charge on any atom is -0.324 e. The van der Waals surface area contributed by atoms with Crippen LogP contribution >= 0.6 is 0 Å². The lowest BCUT2D eigenvalue weighted by Crippen LogP contribution is -2.31. The van der Waals surface area contributed by atoms with Gasteiger partial charge in [-0.15, -0.1) is 0 Å². The second-order valence-electron chi connectivity index (χ2n) is 7.79. The highest BCUT2D eigenvalue weighted by Gasteiger charge is 2.66. The van der Waals surface area contributed by atoms with Crippen LogP contribution in [0.25, 0.3) is 0 Å². The molecule has 2 N–H and O–H groups in total. The van der Waals surface area contributed by atoms with Crippen LogP contribution in [-0.2, 0) is 11.2 Å². The molecule has 0 saturated heterocycles. The highest BCUT2D eigenvalue weighted by atomic mass is 16.2. The molecular weight excluding hydrogens is 260 g/mol. The fraction of sp³-hybridized carbons (Fsp3) is 0.611. The minimum atomic E-state index is 0.0724. The first kappa shape index (κ1) is 14.6. The predicted octanol–water partition coefficient (Wildman–Crippen LogP) is 3.28. The van der Waals surface area contributed by atoms with Crippen molar-refractivity contribution < 1.29 is 4.79 Å². The molecule has 1 aromatic rings. The number of carbonyl (C=O) groups is 1.